The number of nitrogens with zero attached hydrogens (tertiary/aromatic N) is 1. The number of aryl methyl sites for hydroxylation is 1. The summed E-state index contributed by atoms with van der Waals surface area (Å²) < 4.78 is 0. The van der Waals surface area contributed by atoms with Gasteiger partial charge in [-0.2, -0.15) is 0 Å². The van der Waals surface area contributed by atoms with E-state index in [0.717, 1.165) is 37.9 Å². The number of rotatable bonds is 6. The van der Waals surface area contributed by atoms with Crippen LogP contribution in [0, 0.1) is 5.92 Å². The predicted molar refractivity (Wildman–Crippen MR) is 96.2 cm³/mol. The zero-order valence-corrected chi connectivity index (χ0v) is 14.8. The zero-order valence-electron chi connectivity index (χ0n) is 14.8. The third-order valence-corrected chi connectivity index (χ3v) is 5.00. The maximum Gasteiger partial charge on any atom is 0.227 e. The Bertz CT molecular complexity index is 620. The van der Waals surface area contributed by atoms with E-state index in [-0.39, 0.29) is 17.7 Å². The molecule has 1 N–H and O–H groups in total. The molecular formula is C20H28N2O2. The highest BCUT2D eigenvalue weighted by atomic mass is 16.2. The number of anilines is 1. The van der Waals surface area contributed by atoms with E-state index in [1.165, 1.54) is 11.1 Å². The number of fused-ring (bicyclic) bond motifs is 1. The average Bonchev–Trinajstić information content (AvgIpc) is 3.42. The Morgan fingerprint density at radius 2 is 2.08 bits per heavy atom. The van der Waals surface area contributed by atoms with Gasteiger partial charge in [0, 0.05) is 31.1 Å². The van der Waals surface area contributed by atoms with Crippen molar-refractivity contribution in [1.82, 2.24) is 5.32 Å². The van der Waals surface area contributed by atoms with Crippen LogP contribution in [0.3, 0.4) is 0 Å². The van der Waals surface area contributed by atoms with Gasteiger partial charge in [-0.15, -0.1) is 0 Å². The molecule has 1 fully saturated rings. The van der Waals surface area contributed by atoms with Crippen molar-refractivity contribution in [2.24, 2.45) is 5.92 Å². The van der Waals surface area contributed by atoms with Gasteiger partial charge in [0.1, 0.15) is 0 Å². The Kier molecular flexibility index (Phi) is 5.22. The molecule has 130 valence electrons. The van der Waals surface area contributed by atoms with Crippen molar-refractivity contribution >= 4 is 17.5 Å². The molecule has 0 saturated heterocycles. The molecule has 0 aromatic heterocycles. The SMILES string of the molecule is CC(C)c1ccc2c(c1)CCCN2C(=O)CCCNC(=O)C1CC1. The standard InChI is InChI=1S/C20H28N2O2/c1-14(2)16-9-10-18-17(13-16)5-4-12-22(18)19(23)6-3-11-21-20(24)15-7-8-15/h9-10,13-15H,3-8,11-12H2,1-2H3,(H,21,24). The molecule has 0 spiro atoms. The Hall–Kier alpha value is -1.84. The monoisotopic (exact) mass is 328 g/mol. The van der Waals surface area contributed by atoms with Crippen molar-refractivity contribution in [1.29, 1.82) is 0 Å². The van der Waals surface area contributed by atoms with E-state index in [2.05, 4.69) is 37.4 Å². The minimum atomic E-state index is 0.159. The van der Waals surface area contributed by atoms with Gasteiger partial charge in [-0.1, -0.05) is 26.0 Å². The second kappa shape index (κ2) is 7.37. The lowest BCUT2D eigenvalue weighted by atomic mass is 9.94. The molecule has 0 bridgehead atoms. The highest BCUT2D eigenvalue weighted by Gasteiger charge is 2.29. The van der Waals surface area contributed by atoms with Gasteiger partial charge in [-0.05, 0) is 55.2 Å². The molecule has 1 heterocycles. The number of benzene rings is 1. The molecule has 1 aliphatic carbocycles. The van der Waals surface area contributed by atoms with Crippen molar-refractivity contribution in [2.45, 2.75) is 58.3 Å². The summed E-state index contributed by atoms with van der Waals surface area (Å²) in [6.07, 6.45) is 5.33. The van der Waals surface area contributed by atoms with Gasteiger partial charge < -0.3 is 10.2 Å². The molecule has 4 nitrogen and oxygen atoms in total. The zero-order chi connectivity index (χ0) is 17.1. The van der Waals surface area contributed by atoms with Gasteiger partial charge in [0.05, 0.1) is 0 Å². The van der Waals surface area contributed by atoms with E-state index < -0.39 is 0 Å². The fourth-order valence-electron chi connectivity index (χ4n) is 3.31. The van der Waals surface area contributed by atoms with Crippen LogP contribution >= 0.6 is 0 Å². The minimum absolute atomic E-state index is 0.159. The Balaban J connectivity index is 1.55. The van der Waals surface area contributed by atoms with E-state index in [9.17, 15) is 9.59 Å². The number of carbonyl (C=O) groups excluding carboxylic acids is 2. The van der Waals surface area contributed by atoms with Gasteiger partial charge in [-0.3, -0.25) is 9.59 Å². The Labute approximate surface area is 144 Å². The Morgan fingerprint density at radius 1 is 1.29 bits per heavy atom. The van der Waals surface area contributed by atoms with Crippen LogP contribution in [0.5, 0.6) is 0 Å². The van der Waals surface area contributed by atoms with Crippen molar-refractivity contribution in [3.05, 3.63) is 29.3 Å². The summed E-state index contributed by atoms with van der Waals surface area (Å²) in [6, 6.07) is 6.51. The maximum atomic E-state index is 12.6. The van der Waals surface area contributed by atoms with Crippen molar-refractivity contribution in [2.75, 3.05) is 18.0 Å². The summed E-state index contributed by atoms with van der Waals surface area (Å²) in [5.74, 6) is 1.09. The van der Waals surface area contributed by atoms with E-state index in [4.69, 9.17) is 0 Å². The molecule has 2 aliphatic rings. The quantitative estimate of drug-likeness (QED) is 0.814. The fourth-order valence-corrected chi connectivity index (χ4v) is 3.31. The van der Waals surface area contributed by atoms with E-state index in [0.29, 0.717) is 25.3 Å². The molecule has 0 radical (unpaired) electrons. The molecule has 24 heavy (non-hydrogen) atoms. The summed E-state index contributed by atoms with van der Waals surface area (Å²) in [6.45, 7) is 5.81. The van der Waals surface area contributed by atoms with Crippen LogP contribution in [0.25, 0.3) is 0 Å². The molecule has 4 heteroatoms. The maximum absolute atomic E-state index is 12.6. The van der Waals surface area contributed by atoms with Gasteiger partial charge >= 0.3 is 0 Å². The van der Waals surface area contributed by atoms with Gasteiger partial charge in [0.25, 0.3) is 0 Å². The van der Waals surface area contributed by atoms with Crippen molar-refractivity contribution in [3.63, 3.8) is 0 Å². The van der Waals surface area contributed by atoms with Crippen LogP contribution in [0.15, 0.2) is 18.2 Å². The third kappa shape index (κ3) is 3.97. The lowest BCUT2D eigenvalue weighted by Crippen LogP contribution is -2.36. The lowest BCUT2D eigenvalue weighted by molar-refractivity contribution is -0.123. The highest BCUT2D eigenvalue weighted by molar-refractivity contribution is 5.94. The van der Waals surface area contributed by atoms with Crippen LogP contribution in [-0.2, 0) is 16.0 Å². The second-order valence-corrected chi connectivity index (χ2v) is 7.36. The molecule has 0 unspecified atom stereocenters. The number of amides is 2. The van der Waals surface area contributed by atoms with Gasteiger partial charge in [-0.25, -0.2) is 0 Å². The number of nitrogens with one attached hydrogen (secondary N) is 1. The Morgan fingerprint density at radius 3 is 2.79 bits per heavy atom. The first-order valence-corrected chi connectivity index (χ1v) is 9.27. The molecule has 0 atom stereocenters. The van der Waals surface area contributed by atoms with Crippen LogP contribution in [0.1, 0.15) is 63.0 Å². The van der Waals surface area contributed by atoms with Crippen molar-refractivity contribution < 1.29 is 9.59 Å². The number of hydrogen-bond acceptors (Lipinski definition) is 2. The van der Waals surface area contributed by atoms with Gasteiger partial charge in [0.15, 0.2) is 0 Å². The average molecular weight is 328 g/mol. The van der Waals surface area contributed by atoms with Crippen molar-refractivity contribution in [3.8, 4) is 0 Å². The molecule has 2 amide bonds. The van der Waals surface area contributed by atoms with Crippen LogP contribution in [0.4, 0.5) is 5.69 Å². The van der Waals surface area contributed by atoms with Crippen LogP contribution in [0.2, 0.25) is 0 Å². The van der Waals surface area contributed by atoms with E-state index in [1.54, 1.807) is 0 Å². The first-order chi connectivity index (χ1) is 11.6. The molecule has 1 aromatic rings. The summed E-state index contributed by atoms with van der Waals surface area (Å²) in [5, 5.41) is 2.93. The lowest BCUT2D eigenvalue weighted by Gasteiger charge is -2.30. The molecule has 1 saturated carbocycles. The van der Waals surface area contributed by atoms with Crippen LogP contribution < -0.4 is 10.2 Å². The second-order valence-electron chi connectivity index (χ2n) is 7.36. The smallest absolute Gasteiger partial charge is 0.227 e. The highest BCUT2D eigenvalue weighted by Crippen LogP contribution is 2.31. The summed E-state index contributed by atoms with van der Waals surface area (Å²) in [7, 11) is 0. The summed E-state index contributed by atoms with van der Waals surface area (Å²) in [5.41, 5.74) is 3.71. The molecule has 1 aliphatic heterocycles. The first kappa shape index (κ1) is 17.0. The summed E-state index contributed by atoms with van der Waals surface area (Å²) >= 11 is 0. The predicted octanol–water partition coefficient (Wildman–Crippen LogP) is 3.40. The van der Waals surface area contributed by atoms with E-state index >= 15 is 0 Å². The van der Waals surface area contributed by atoms with E-state index in [1.807, 2.05) is 4.90 Å². The molecular weight excluding hydrogens is 300 g/mol. The number of carbonyl (C=O) groups is 2. The normalized spacial score (nSPS) is 16.9. The third-order valence-electron chi connectivity index (χ3n) is 5.00. The largest absolute Gasteiger partial charge is 0.356 e. The van der Waals surface area contributed by atoms with Gasteiger partial charge in [0.2, 0.25) is 11.8 Å². The number of hydrogen-bond donors (Lipinski definition) is 1. The topological polar surface area (TPSA) is 49.4 Å². The fraction of sp³-hybridized carbons (Fsp3) is 0.600. The molecule has 3 rings (SSSR count). The van der Waals surface area contributed by atoms with Crippen LogP contribution in [-0.4, -0.2) is 24.9 Å². The molecule has 1 aromatic carbocycles. The minimum Gasteiger partial charge on any atom is -0.356 e. The summed E-state index contributed by atoms with van der Waals surface area (Å²) in [4.78, 5) is 26.1. The first-order valence-electron chi connectivity index (χ1n) is 9.27.